The van der Waals surface area contributed by atoms with E-state index >= 15 is 0 Å². The fourth-order valence-corrected chi connectivity index (χ4v) is 13.5. The molecule has 0 saturated heterocycles. The minimum absolute atomic E-state index is 0.0341. The summed E-state index contributed by atoms with van der Waals surface area (Å²) in [6.07, 6.45) is 0. The quantitative estimate of drug-likeness (QED) is 0.149. The van der Waals surface area contributed by atoms with Gasteiger partial charge in [-0.1, -0.05) is 256 Å². The molecule has 4 heterocycles. The van der Waals surface area contributed by atoms with Gasteiger partial charge in [0.25, 0.3) is 6.71 Å². The largest absolute Gasteiger partial charge is 0.452 e. The second kappa shape index (κ2) is 20.2. The van der Waals surface area contributed by atoms with Gasteiger partial charge in [-0.05, 0) is 161 Å². The Morgan fingerprint density at radius 1 is 0.326 bits per heavy atom. The zero-order chi connectivity index (χ0) is 72.0. The van der Waals surface area contributed by atoms with Gasteiger partial charge in [0.2, 0.25) is 0 Å². The van der Waals surface area contributed by atoms with Crippen molar-refractivity contribution in [1.29, 1.82) is 0 Å². The molecule has 14 aromatic rings. The van der Waals surface area contributed by atoms with Crippen LogP contribution in [-0.2, 0) is 16.2 Å². The SMILES string of the molecule is [2H]c1c([2H])c([2H])c(-c2ccc3c(c2)N(c2cccc4c2oc2c(-n5c6c([2H])c([2H])c([2H])c([2H])c6c6c([2H])c([2H])c([2H])c([2H])c65)cccc24)c2cc(C(C)(C)C)cc4c2B3c2ccc(-c3cc(C(C)(C)C)cc(C(C)(C)C)c3)cc2N4c2cc(-c3ccccc3)cc(-c3ccccc3)c2)c([2H])c1[2H]. The van der Waals surface area contributed by atoms with E-state index in [1.165, 1.54) is 15.7 Å². The monoisotopic (exact) mass is 1160 g/mol. The van der Waals surface area contributed by atoms with Crippen molar-refractivity contribution in [2.24, 2.45) is 0 Å². The number of fused-ring (bicyclic) bond motifs is 10. The maximum Gasteiger partial charge on any atom is 0.252 e. The Balaban J connectivity index is 1.04. The molecule has 4 nitrogen and oxygen atoms in total. The predicted molar refractivity (Wildman–Crippen MR) is 380 cm³/mol. The van der Waals surface area contributed by atoms with Crippen molar-refractivity contribution in [1.82, 2.24) is 4.57 Å². The molecule has 430 valence electrons. The van der Waals surface area contributed by atoms with Gasteiger partial charge in [-0.25, -0.2) is 0 Å². The Labute approximate surface area is 541 Å². The van der Waals surface area contributed by atoms with Gasteiger partial charge in [-0.3, -0.25) is 0 Å². The smallest absolute Gasteiger partial charge is 0.252 e. The van der Waals surface area contributed by atoms with Gasteiger partial charge in [0.15, 0.2) is 11.2 Å². The van der Waals surface area contributed by atoms with Gasteiger partial charge < -0.3 is 18.8 Å². The summed E-state index contributed by atoms with van der Waals surface area (Å²) >= 11 is 0. The molecule has 2 aromatic heterocycles. The van der Waals surface area contributed by atoms with Gasteiger partial charge in [0, 0.05) is 50.0 Å². The van der Waals surface area contributed by atoms with Crippen LogP contribution in [0.15, 0.2) is 265 Å². The minimum atomic E-state index is -0.548. The van der Waals surface area contributed by atoms with Crippen molar-refractivity contribution in [3.05, 3.63) is 277 Å². The third-order valence-corrected chi connectivity index (χ3v) is 18.1. The minimum Gasteiger partial charge on any atom is -0.452 e. The average molecular weight is 1160 g/mol. The van der Waals surface area contributed by atoms with Crippen molar-refractivity contribution in [2.75, 3.05) is 9.80 Å². The van der Waals surface area contributed by atoms with Crippen LogP contribution in [0.5, 0.6) is 0 Å². The van der Waals surface area contributed by atoms with E-state index in [4.69, 9.17) is 14.0 Å². The Bertz CT molecular complexity index is 5770. The number of furan rings is 1. The van der Waals surface area contributed by atoms with Gasteiger partial charge in [0.1, 0.15) is 0 Å². The molecule has 0 spiro atoms. The molecule has 0 amide bonds. The predicted octanol–water partition coefficient (Wildman–Crippen LogP) is 21.3. The van der Waals surface area contributed by atoms with Crippen molar-refractivity contribution in [3.63, 3.8) is 0 Å². The highest BCUT2D eigenvalue weighted by Crippen LogP contribution is 2.51. The van der Waals surface area contributed by atoms with Crippen molar-refractivity contribution < 1.29 is 22.2 Å². The molecular weight excluding hydrogens is 1080 g/mol. The van der Waals surface area contributed by atoms with Gasteiger partial charge in [0.05, 0.1) is 40.2 Å². The Kier molecular flexibility index (Phi) is 9.53. The third kappa shape index (κ3) is 8.95. The molecule has 0 radical (unpaired) electrons. The molecule has 5 heteroatoms. The highest BCUT2D eigenvalue weighted by molar-refractivity contribution is 7.00. The molecule has 0 atom stereocenters. The average Bonchev–Trinajstić information content (AvgIpc) is 1.06. The normalized spacial score (nSPS) is 15.2. The standard InChI is InChI=1S/C84H70BN3O/c1-82(2,3)61-44-60(45-62(50-61)83(4,5)6)57-40-42-69-75(49-57)86(64-46-58(54-27-15-11-16-28-54)43-59(47-64)55-29-17-12-18-30-55)77-51-63(84(7,8)9)52-78-79(77)85(69)70-41-39-56(53-25-13-10-14-26-53)48-76(70)88(78)74-38-24-34-68-67-33-23-37-73(80(67)89-81(68)74)87-71-35-21-19-31-65(71)66-32-20-22-36-72(66)87/h10-52H,1-9H3/i10D,13D,14D,19D,20D,21D,22D,25D,26D,31D,32D,35D,36D. The van der Waals surface area contributed by atoms with E-state index in [1.54, 1.807) is 12.1 Å². The number of benzene rings is 12. The lowest BCUT2D eigenvalue weighted by atomic mass is 9.33. The van der Waals surface area contributed by atoms with E-state index in [0.29, 0.717) is 33.3 Å². The fraction of sp³-hybridized carbons (Fsp3) is 0.143. The van der Waals surface area contributed by atoms with Gasteiger partial charge >= 0.3 is 0 Å². The zero-order valence-corrected chi connectivity index (χ0v) is 51.1. The maximum absolute atomic E-state index is 9.47. The van der Waals surface area contributed by atoms with E-state index in [0.717, 1.165) is 78.1 Å². The van der Waals surface area contributed by atoms with Crippen LogP contribution in [0.2, 0.25) is 0 Å². The number of rotatable bonds is 7. The second-order valence-electron chi connectivity index (χ2n) is 26.8. The van der Waals surface area contributed by atoms with Crippen molar-refractivity contribution in [2.45, 2.75) is 78.6 Å². The molecule has 0 aliphatic carbocycles. The van der Waals surface area contributed by atoms with E-state index in [2.05, 4.69) is 187 Å². The van der Waals surface area contributed by atoms with Gasteiger partial charge in [-0.2, -0.15) is 0 Å². The van der Waals surface area contributed by atoms with Gasteiger partial charge in [-0.15, -0.1) is 0 Å². The summed E-state index contributed by atoms with van der Waals surface area (Å²) in [5.41, 5.74) is 17.6. The Morgan fingerprint density at radius 3 is 1.34 bits per heavy atom. The number of anilines is 6. The van der Waals surface area contributed by atoms with Crippen LogP contribution in [0.3, 0.4) is 0 Å². The van der Waals surface area contributed by atoms with Crippen LogP contribution in [-0.4, -0.2) is 11.3 Å². The maximum atomic E-state index is 9.47. The van der Waals surface area contributed by atoms with E-state index in [9.17, 15) is 8.22 Å². The second-order valence-corrected chi connectivity index (χ2v) is 26.8. The summed E-state index contributed by atoms with van der Waals surface area (Å²) in [6, 6.07) is 57.2. The highest BCUT2D eigenvalue weighted by Gasteiger charge is 2.45. The first-order chi connectivity index (χ1) is 48.4. The van der Waals surface area contributed by atoms with Crippen molar-refractivity contribution in [3.8, 4) is 50.2 Å². The summed E-state index contributed by atoms with van der Waals surface area (Å²) in [7, 11) is 0. The van der Waals surface area contributed by atoms with Crippen LogP contribution in [0.4, 0.5) is 34.1 Å². The molecule has 12 aromatic carbocycles. The molecule has 2 aliphatic rings. The summed E-state index contributed by atoms with van der Waals surface area (Å²) in [5.74, 6) is 0. The molecule has 2 aliphatic heterocycles. The number of hydrogen-bond donors (Lipinski definition) is 0. The Hall–Kier alpha value is -10.1. The van der Waals surface area contributed by atoms with Crippen LogP contribution < -0.4 is 26.2 Å². The third-order valence-electron chi connectivity index (χ3n) is 18.1. The number of hydrogen-bond acceptors (Lipinski definition) is 3. The number of nitrogens with zero attached hydrogens (tertiary/aromatic N) is 3. The van der Waals surface area contributed by atoms with E-state index in [1.807, 2.05) is 54.6 Å². The molecule has 0 unspecified atom stereocenters. The van der Waals surface area contributed by atoms with Crippen LogP contribution >= 0.6 is 0 Å². The van der Waals surface area contributed by atoms with Crippen LogP contribution in [0.1, 0.15) is 96.8 Å². The number of para-hydroxylation sites is 4. The summed E-state index contributed by atoms with van der Waals surface area (Å²) in [6.45, 7) is 19.6. The molecule has 0 saturated carbocycles. The first kappa shape index (κ1) is 41.9. The molecular formula is C84H70BN3O. The van der Waals surface area contributed by atoms with E-state index < -0.39 is 78.6 Å². The lowest BCUT2D eigenvalue weighted by molar-refractivity contribution is 0.569. The van der Waals surface area contributed by atoms with Crippen molar-refractivity contribution >= 4 is 101 Å². The summed E-state index contributed by atoms with van der Waals surface area (Å²) < 4.78 is 127. The molecule has 89 heavy (non-hydrogen) atoms. The molecule has 0 N–H and O–H groups in total. The van der Waals surface area contributed by atoms with Crippen LogP contribution in [0, 0.1) is 0 Å². The Morgan fingerprint density at radius 2 is 0.787 bits per heavy atom. The fourth-order valence-electron chi connectivity index (χ4n) is 13.5. The molecule has 16 rings (SSSR count). The first-order valence-electron chi connectivity index (χ1n) is 36.9. The number of aromatic nitrogens is 1. The molecule has 0 fully saturated rings. The molecule has 0 bridgehead atoms. The summed E-state index contributed by atoms with van der Waals surface area (Å²) in [5, 5.41) is 1.12. The lowest BCUT2D eigenvalue weighted by Crippen LogP contribution is -2.61. The van der Waals surface area contributed by atoms with E-state index in [-0.39, 0.29) is 61.6 Å². The first-order valence-corrected chi connectivity index (χ1v) is 30.4. The lowest BCUT2D eigenvalue weighted by Gasteiger charge is -2.45. The van der Waals surface area contributed by atoms with Crippen LogP contribution in [0.25, 0.3) is 93.9 Å². The summed E-state index contributed by atoms with van der Waals surface area (Å²) in [4.78, 5) is 4.61. The highest BCUT2D eigenvalue weighted by atomic mass is 16.3. The topological polar surface area (TPSA) is 24.6 Å². The zero-order valence-electron chi connectivity index (χ0n) is 64.1.